The fraction of sp³-hybridized carbons (Fsp3) is 0.300. The van der Waals surface area contributed by atoms with Crippen LogP contribution in [-0.2, 0) is 4.79 Å². The lowest BCUT2D eigenvalue weighted by atomic mass is 10.2. The maximum Gasteiger partial charge on any atom is 0.272 e. The minimum Gasteiger partial charge on any atom is -0.325 e. The van der Waals surface area contributed by atoms with Crippen LogP contribution in [0.5, 0.6) is 0 Å². The van der Waals surface area contributed by atoms with Crippen molar-refractivity contribution in [3.05, 3.63) is 33.9 Å². The first-order valence-electron chi connectivity index (χ1n) is 4.73. The van der Waals surface area contributed by atoms with Gasteiger partial charge in [0.2, 0.25) is 5.91 Å². The molecule has 0 aliphatic carbocycles. The number of nitro benzene ring substituents is 1. The van der Waals surface area contributed by atoms with Crippen molar-refractivity contribution in [1.29, 1.82) is 0 Å². The van der Waals surface area contributed by atoms with Crippen LogP contribution in [0.4, 0.5) is 11.4 Å². The van der Waals surface area contributed by atoms with Crippen LogP contribution in [0.15, 0.2) is 18.2 Å². The number of amides is 1. The molecule has 0 saturated heterocycles. The molecule has 6 heteroatoms. The van der Waals surface area contributed by atoms with Gasteiger partial charge in [-0.1, -0.05) is 0 Å². The Bertz CT molecular complexity index is 429. The van der Waals surface area contributed by atoms with E-state index in [-0.39, 0.29) is 11.6 Å². The number of hydrogen-bond donors (Lipinski definition) is 2. The van der Waals surface area contributed by atoms with Crippen molar-refractivity contribution in [2.75, 3.05) is 5.32 Å². The third-order valence-electron chi connectivity index (χ3n) is 2.07. The molecule has 1 rings (SSSR count). The van der Waals surface area contributed by atoms with Gasteiger partial charge in [0.25, 0.3) is 5.69 Å². The summed E-state index contributed by atoms with van der Waals surface area (Å²) in [5.74, 6) is -0.326. The topological polar surface area (TPSA) is 98.3 Å². The number of nitrogens with zero attached hydrogens (tertiary/aromatic N) is 1. The quantitative estimate of drug-likeness (QED) is 0.593. The number of carbonyl (C=O) groups excluding carboxylic acids is 1. The van der Waals surface area contributed by atoms with Gasteiger partial charge in [-0.15, -0.1) is 0 Å². The lowest BCUT2D eigenvalue weighted by Gasteiger charge is -2.08. The molecule has 1 atom stereocenters. The maximum absolute atomic E-state index is 11.3. The molecule has 0 unspecified atom stereocenters. The number of benzene rings is 1. The van der Waals surface area contributed by atoms with Crippen molar-refractivity contribution in [3.8, 4) is 0 Å². The molecule has 3 N–H and O–H groups in total. The fourth-order valence-corrected chi connectivity index (χ4v) is 1.19. The van der Waals surface area contributed by atoms with Gasteiger partial charge in [-0.3, -0.25) is 14.9 Å². The summed E-state index contributed by atoms with van der Waals surface area (Å²) in [4.78, 5) is 21.4. The number of nitrogens with two attached hydrogens (primary N) is 1. The third kappa shape index (κ3) is 2.77. The molecule has 0 aliphatic rings. The second-order valence-electron chi connectivity index (χ2n) is 3.54. The number of rotatable bonds is 3. The molecule has 0 aromatic heterocycles. The van der Waals surface area contributed by atoms with E-state index >= 15 is 0 Å². The van der Waals surface area contributed by atoms with Crippen LogP contribution in [0.25, 0.3) is 0 Å². The van der Waals surface area contributed by atoms with E-state index < -0.39 is 11.0 Å². The van der Waals surface area contributed by atoms with Gasteiger partial charge in [0.05, 0.1) is 11.0 Å². The molecule has 6 nitrogen and oxygen atoms in total. The first-order chi connectivity index (χ1) is 7.41. The summed E-state index contributed by atoms with van der Waals surface area (Å²) in [7, 11) is 0. The predicted octanol–water partition coefficient (Wildman–Crippen LogP) is 1.19. The molecule has 0 fully saturated rings. The van der Waals surface area contributed by atoms with Gasteiger partial charge in [-0.25, -0.2) is 0 Å². The van der Waals surface area contributed by atoms with Crippen molar-refractivity contribution >= 4 is 17.3 Å². The SMILES string of the molecule is Cc1cc(NC(=O)[C@H](C)N)ccc1[N+](=O)[O-]. The number of carbonyl (C=O) groups is 1. The van der Waals surface area contributed by atoms with Crippen LogP contribution in [-0.4, -0.2) is 16.9 Å². The Morgan fingerprint density at radius 3 is 2.62 bits per heavy atom. The van der Waals surface area contributed by atoms with E-state index in [1.165, 1.54) is 12.1 Å². The van der Waals surface area contributed by atoms with Gasteiger partial charge in [0, 0.05) is 17.3 Å². The Balaban J connectivity index is 2.90. The summed E-state index contributed by atoms with van der Waals surface area (Å²) in [5, 5.41) is 13.1. The molecule has 0 aliphatic heterocycles. The van der Waals surface area contributed by atoms with E-state index in [9.17, 15) is 14.9 Å². The van der Waals surface area contributed by atoms with E-state index in [1.807, 2.05) is 0 Å². The van der Waals surface area contributed by atoms with Gasteiger partial charge in [-0.05, 0) is 26.0 Å². The lowest BCUT2D eigenvalue weighted by Crippen LogP contribution is -2.32. The predicted molar refractivity (Wildman–Crippen MR) is 60.1 cm³/mol. The molecule has 16 heavy (non-hydrogen) atoms. The average molecular weight is 223 g/mol. The van der Waals surface area contributed by atoms with E-state index in [4.69, 9.17) is 5.73 Å². The summed E-state index contributed by atoms with van der Waals surface area (Å²) in [6.07, 6.45) is 0. The van der Waals surface area contributed by atoms with Crippen molar-refractivity contribution in [1.82, 2.24) is 0 Å². The van der Waals surface area contributed by atoms with Crippen LogP contribution in [0.1, 0.15) is 12.5 Å². The fourth-order valence-electron chi connectivity index (χ4n) is 1.19. The molecular formula is C10H13N3O3. The molecule has 0 bridgehead atoms. The largest absolute Gasteiger partial charge is 0.325 e. The van der Waals surface area contributed by atoms with Crippen molar-refractivity contribution in [2.45, 2.75) is 19.9 Å². The molecular weight excluding hydrogens is 210 g/mol. The van der Waals surface area contributed by atoms with Crippen LogP contribution >= 0.6 is 0 Å². The maximum atomic E-state index is 11.3. The summed E-state index contributed by atoms with van der Waals surface area (Å²) < 4.78 is 0. The monoisotopic (exact) mass is 223 g/mol. The third-order valence-corrected chi connectivity index (χ3v) is 2.07. The standard InChI is InChI=1S/C10H13N3O3/c1-6-5-8(12-10(14)7(2)11)3-4-9(6)13(15)16/h3-5,7H,11H2,1-2H3,(H,12,14)/t7-/m0/s1. The van der Waals surface area contributed by atoms with Crippen LogP contribution in [0, 0.1) is 17.0 Å². The molecule has 0 radical (unpaired) electrons. The zero-order valence-electron chi connectivity index (χ0n) is 9.06. The molecule has 0 heterocycles. The van der Waals surface area contributed by atoms with E-state index in [2.05, 4.69) is 5.32 Å². The Morgan fingerprint density at radius 1 is 1.56 bits per heavy atom. The van der Waals surface area contributed by atoms with Crippen molar-refractivity contribution < 1.29 is 9.72 Å². The first-order valence-corrected chi connectivity index (χ1v) is 4.73. The molecule has 1 aromatic carbocycles. The van der Waals surface area contributed by atoms with Crippen LogP contribution in [0.3, 0.4) is 0 Å². The average Bonchev–Trinajstić information content (AvgIpc) is 2.16. The highest BCUT2D eigenvalue weighted by Crippen LogP contribution is 2.21. The second kappa shape index (κ2) is 4.71. The minimum atomic E-state index is -0.615. The van der Waals surface area contributed by atoms with Gasteiger partial charge in [0.1, 0.15) is 0 Å². The number of anilines is 1. The molecule has 1 amide bonds. The van der Waals surface area contributed by atoms with Crippen molar-refractivity contribution in [2.24, 2.45) is 5.73 Å². The van der Waals surface area contributed by atoms with Crippen molar-refractivity contribution in [3.63, 3.8) is 0 Å². The lowest BCUT2D eigenvalue weighted by molar-refractivity contribution is -0.385. The normalized spacial score (nSPS) is 11.9. The van der Waals surface area contributed by atoms with Gasteiger partial charge >= 0.3 is 0 Å². The molecule has 86 valence electrons. The Hall–Kier alpha value is -1.95. The highest BCUT2D eigenvalue weighted by Gasteiger charge is 2.12. The number of nitrogens with one attached hydrogen (secondary N) is 1. The van der Waals surface area contributed by atoms with Gasteiger partial charge in [-0.2, -0.15) is 0 Å². The second-order valence-corrected chi connectivity index (χ2v) is 3.54. The zero-order valence-corrected chi connectivity index (χ0v) is 9.06. The van der Waals surface area contributed by atoms with E-state index in [0.29, 0.717) is 11.3 Å². The summed E-state index contributed by atoms with van der Waals surface area (Å²) in [6, 6.07) is 3.76. The number of hydrogen-bond acceptors (Lipinski definition) is 4. The van der Waals surface area contributed by atoms with Gasteiger partial charge in [0.15, 0.2) is 0 Å². The van der Waals surface area contributed by atoms with E-state index in [0.717, 1.165) is 0 Å². The zero-order chi connectivity index (χ0) is 12.3. The van der Waals surface area contributed by atoms with Crippen LogP contribution in [0.2, 0.25) is 0 Å². The number of aryl methyl sites for hydroxylation is 1. The first kappa shape index (κ1) is 12.1. The number of nitro groups is 1. The molecule has 0 spiro atoms. The Labute approximate surface area is 92.6 Å². The Morgan fingerprint density at radius 2 is 2.19 bits per heavy atom. The summed E-state index contributed by atoms with van der Waals surface area (Å²) >= 11 is 0. The highest BCUT2D eigenvalue weighted by molar-refractivity contribution is 5.94. The summed E-state index contributed by atoms with van der Waals surface area (Å²) in [6.45, 7) is 3.17. The van der Waals surface area contributed by atoms with Gasteiger partial charge < -0.3 is 11.1 Å². The van der Waals surface area contributed by atoms with Crippen LogP contribution < -0.4 is 11.1 Å². The highest BCUT2D eigenvalue weighted by atomic mass is 16.6. The molecule has 0 saturated carbocycles. The van der Waals surface area contributed by atoms with E-state index in [1.54, 1.807) is 19.9 Å². The molecule has 1 aromatic rings. The summed E-state index contributed by atoms with van der Waals surface area (Å²) in [5.41, 5.74) is 6.40. The smallest absolute Gasteiger partial charge is 0.272 e. The minimum absolute atomic E-state index is 0.0267. The Kier molecular flexibility index (Phi) is 3.57.